The molecule has 1 fully saturated rings. The van der Waals surface area contributed by atoms with Gasteiger partial charge >= 0.3 is 0 Å². The van der Waals surface area contributed by atoms with Gasteiger partial charge in [0.15, 0.2) is 0 Å². The molecule has 2 N–H and O–H groups in total. The minimum Gasteiger partial charge on any atom is -0.382 e. The average molecular weight is 217 g/mol. The molecule has 0 amide bonds. The van der Waals surface area contributed by atoms with Gasteiger partial charge in [-0.25, -0.2) is 9.07 Å². The number of nitrogens with zero attached hydrogens (tertiary/aromatic N) is 2. The SMILES string of the molecule is Nc1ccn(-c2ccc(C3CC3)c(F)c2)n1. The summed E-state index contributed by atoms with van der Waals surface area (Å²) in [7, 11) is 0. The van der Waals surface area contributed by atoms with Crippen LogP contribution >= 0.6 is 0 Å². The molecule has 3 rings (SSSR count). The summed E-state index contributed by atoms with van der Waals surface area (Å²) in [6.07, 6.45) is 3.93. The van der Waals surface area contributed by atoms with Gasteiger partial charge in [0.05, 0.1) is 5.69 Å². The Balaban J connectivity index is 1.99. The van der Waals surface area contributed by atoms with Gasteiger partial charge in [-0.2, -0.15) is 5.10 Å². The summed E-state index contributed by atoms with van der Waals surface area (Å²) in [6.45, 7) is 0. The molecule has 1 aliphatic rings. The van der Waals surface area contributed by atoms with Gasteiger partial charge in [0.2, 0.25) is 0 Å². The monoisotopic (exact) mass is 217 g/mol. The summed E-state index contributed by atoms with van der Waals surface area (Å²) in [5.41, 5.74) is 7.05. The van der Waals surface area contributed by atoms with Crippen LogP contribution in [0.4, 0.5) is 10.2 Å². The van der Waals surface area contributed by atoms with E-state index in [1.807, 2.05) is 12.1 Å². The van der Waals surface area contributed by atoms with Crippen LogP contribution in [0.5, 0.6) is 0 Å². The Kier molecular flexibility index (Phi) is 1.96. The fourth-order valence-corrected chi connectivity index (χ4v) is 1.87. The van der Waals surface area contributed by atoms with E-state index in [9.17, 15) is 4.39 Å². The van der Waals surface area contributed by atoms with Gasteiger partial charge in [0.1, 0.15) is 11.6 Å². The first-order valence-electron chi connectivity index (χ1n) is 5.35. The molecule has 1 aromatic carbocycles. The van der Waals surface area contributed by atoms with Gasteiger partial charge in [-0.15, -0.1) is 0 Å². The first kappa shape index (κ1) is 9.39. The number of benzene rings is 1. The smallest absolute Gasteiger partial charge is 0.145 e. The Morgan fingerprint density at radius 3 is 2.69 bits per heavy atom. The number of hydrogen-bond donors (Lipinski definition) is 1. The van der Waals surface area contributed by atoms with Crippen LogP contribution in [-0.4, -0.2) is 9.78 Å². The number of nitrogen functional groups attached to an aromatic ring is 1. The van der Waals surface area contributed by atoms with Gasteiger partial charge in [0, 0.05) is 12.3 Å². The molecular weight excluding hydrogens is 205 g/mol. The summed E-state index contributed by atoms with van der Waals surface area (Å²) in [5.74, 6) is 0.720. The van der Waals surface area contributed by atoms with Crippen LogP contribution < -0.4 is 5.73 Å². The second-order valence-corrected chi connectivity index (χ2v) is 4.17. The molecule has 82 valence electrons. The van der Waals surface area contributed by atoms with Crippen LogP contribution in [0, 0.1) is 5.82 Å². The van der Waals surface area contributed by atoms with Gasteiger partial charge in [-0.3, -0.25) is 0 Å². The van der Waals surface area contributed by atoms with Gasteiger partial charge in [0.25, 0.3) is 0 Å². The number of anilines is 1. The molecule has 1 saturated carbocycles. The minimum absolute atomic E-state index is 0.144. The van der Waals surface area contributed by atoms with Crippen molar-refractivity contribution in [2.75, 3.05) is 5.73 Å². The number of halogens is 1. The van der Waals surface area contributed by atoms with Crippen LogP contribution in [0.1, 0.15) is 24.3 Å². The molecule has 16 heavy (non-hydrogen) atoms. The largest absolute Gasteiger partial charge is 0.382 e. The highest BCUT2D eigenvalue weighted by atomic mass is 19.1. The number of aromatic nitrogens is 2. The fourth-order valence-electron chi connectivity index (χ4n) is 1.87. The normalized spacial score (nSPS) is 15.3. The Morgan fingerprint density at radius 1 is 1.31 bits per heavy atom. The summed E-state index contributed by atoms with van der Waals surface area (Å²) in [4.78, 5) is 0. The highest BCUT2D eigenvalue weighted by Crippen LogP contribution is 2.41. The van der Waals surface area contributed by atoms with E-state index in [1.165, 1.54) is 6.07 Å². The standard InChI is InChI=1S/C12H12FN3/c13-11-7-9(16-6-5-12(14)15-16)3-4-10(11)8-1-2-8/h3-8H,1-2H2,(H2,14,15). The molecule has 1 aromatic heterocycles. The van der Waals surface area contributed by atoms with E-state index in [1.54, 1.807) is 16.9 Å². The lowest BCUT2D eigenvalue weighted by Gasteiger charge is -2.05. The van der Waals surface area contributed by atoms with Crippen molar-refractivity contribution >= 4 is 5.82 Å². The summed E-state index contributed by atoms with van der Waals surface area (Å²) in [5, 5.41) is 4.04. The Hall–Kier alpha value is -1.84. The molecule has 3 nitrogen and oxygen atoms in total. The van der Waals surface area contributed by atoms with Crippen molar-refractivity contribution in [3.8, 4) is 5.69 Å². The minimum atomic E-state index is -0.144. The maximum Gasteiger partial charge on any atom is 0.145 e. The van der Waals surface area contributed by atoms with Crippen LogP contribution in [0.15, 0.2) is 30.5 Å². The van der Waals surface area contributed by atoms with Crippen molar-refractivity contribution in [3.05, 3.63) is 41.8 Å². The second-order valence-electron chi connectivity index (χ2n) is 4.17. The molecule has 0 unspecified atom stereocenters. The summed E-state index contributed by atoms with van der Waals surface area (Å²) in [6, 6.07) is 6.93. The van der Waals surface area contributed by atoms with Gasteiger partial charge in [-0.1, -0.05) is 6.07 Å². The molecule has 4 heteroatoms. The average Bonchev–Trinajstić information content (AvgIpc) is 3.01. The van der Waals surface area contributed by atoms with Crippen molar-refractivity contribution < 1.29 is 4.39 Å². The molecule has 0 bridgehead atoms. The number of hydrogen-bond acceptors (Lipinski definition) is 2. The van der Waals surface area contributed by atoms with E-state index in [4.69, 9.17) is 5.73 Å². The van der Waals surface area contributed by atoms with Crippen LogP contribution in [0.2, 0.25) is 0 Å². The predicted molar refractivity (Wildman–Crippen MR) is 59.9 cm³/mol. The lowest BCUT2D eigenvalue weighted by molar-refractivity contribution is 0.608. The van der Waals surface area contributed by atoms with E-state index in [0.717, 1.165) is 18.4 Å². The van der Waals surface area contributed by atoms with Crippen molar-refractivity contribution in [2.24, 2.45) is 0 Å². The first-order chi connectivity index (χ1) is 7.74. The van der Waals surface area contributed by atoms with E-state index in [0.29, 0.717) is 17.4 Å². The van der Waals surface area contributed by atoms with E-state index < -0.39 is 0 Å². The molecule has 2 aromatic rings. The predicted octanol–water partition coefficient (Wildman–Crippen LogP) is 2.47. The summed E-state index contributed by atoms with van der Waals surface area (Å²) >= 11 is 0. The fraction of sp³-hybridized carbons (Fsp3) is 0.250. The van der Waals surface area contributed by atoms with Crippen molar-refractivity contribution in [3.63, 3.8) is 0 Å². The van der Waals surface area contributed by atoms with Crippen molar-refractivity contribution in [1.29, 1.82) is 0 Å². The molecule has 1 heterocycles. The highest BCUT2D eigenvalue weighted by molar-refractivity contribution is 5.39. The molecule has 1 aliphatic carbocycles. The van der Waals surface area contributed by atoms with Crippen molar-refractivity contribution in [2.45, 2.75) is 18.8 Å². The van der Waals surface area contributed by atoms with E-state index >= 15 is 0 Å². The molecule has 0 spiro atoms. The van der Waals surface area contributed by atoms with Crippen molar-refractivity contribution in [1.82, 2.24) is 9.78 Å². The third-order valence-electron chi connectivity index (χ3n) is 2.88. The third kappa shape index (κ3) is 1.56. The number of rotatable bonds is 2. The molecular formula is C12H12FN3. The van der Waals surface area contributed by atoms with Crippen LogP contribution in [0.25, 0.3) is 5.69 Å². The van der Waals surface area contributed by atoms with Crippen LogP contribution in [-0.2, 0) is 0 Å². The highest BCUT2D eigenvalue weighted by Gasteiger charge is 2.26. The van der Waals surface area contributed by atoms with Crippen LogP contribution in [0.3, 0.4) is 0 Å². The lowest BCUT2D eigenvalue weighted by atomic mass is 10.1. The zero-order chi connectivity index (χ0) is 11.1. The molecule has 0 atom stereocenters. The quantitative estimate of drug-likeness (QED) is 0.839. The van der Waals surface area contributed by atoms with E-state index in [-0.39, 0.29) is 5.82 Å². The molecule has 0 radical (unpaired) electrons. The maximum atomic E-state index is 13.8. The van der Waals surface area contributed by atoms with Gasteiger partial charge < -0.3 is 5.73 Å². The Labute approximate surface area is 92.7 Å². The van der Waals surface area contributed by atoms with E-state index in [2.05, 4.69) is 5.10 Å². The topological polar surface area (TPSA) is 43.8 Å². The van der Waals surface area contributed by atoms with Gasteiger partial charge in [-0.05, 0) is 36.5 Å². The molecule has 0 aliphatic heterocycles. The zero-order valence-corrected chi connectivity index (χ0v) is 8.73. The zero-order valence-electron chi connectivity index (χ0n) is 8.73. The Morgan fingerprint density at radius 2 is 2.12 bits per heavy atom. The molecule has 0 saturated heterocycles. The first-order valence-corrected chi connectivity index (χ1v) is 5.35. The third-order valence-corrected chi connectivity index (χ3v) is 2.88. The number of nitrogens with two attached hydrogens (primary N) is 1. The lowest BCUT2D eigenvalue weighted by Crippen LogP contribution is -1.98. The second kappa shape index (κ2) is 3.33. The summed E-state index contributed by atoms with van der Waals surface area (Å²) < 4.78 is 15.3. The Bertz CT molecular complexity index is 529. The maximum absolute atomic E-state index is 13.8.